The topological polar surface area (TPSA) is 53.6 Å². The summed E-state index contributed by atoms with van der Waals surface area (Å²) in [5.41, 5.74) is 4.08. The molecular formula is C19H15FN4. The monoisotopic (exact) mass is 318 g/mol. The molecule has 0 aliphatic heterocycles. The van der Waals surface area contributed by atoms with Crippen LogP contribution in [0.2, 0.25) is 0 Å². The summed E-state index contributed by atoms with van der Waals surface area (Å²) in [6.07, 6.45) is 5.52. The number of halogens is 1. The highest BCUT2D eigenvalue weighted by Crippen LogP contribution is 2.23. The van der Waals surface area contributed by atoms with Gasteiger partial charge in [0.15, 0.2) is 0 Å². The molecule has 0 amide bonds. The molecule has 0 aliphatic rings. The highest BCUT2D eigenvalue weighted by Gasteiger charge is 2.03. The average Bonchev–Trinajstić information content (AvgIpc) is 3.09. The minimum absolute atomic E-state index is 0.238. The van der Waals surface area contributed by atoms with Crippen LogP contribution >= 0.6 is 0 Å². The molecule has 2 aromatic heterocycles. The third-order valence-electron chi connectivity index (χ3n) is 3.90. The quantitative estimate of drug-likeness (QED) is 0.587. The Kier molecular flexibility index (Phi) is 3.67. The van der Waals surface area contributed by atoms with E-state index >= 15 is 0 Å². The van der Waals surface area contributed by atoms with Crippen LogP contribution in [-0.4, -0.2) is 15.0 Å². The summed E-state index contributed by atoms with van der Waals surface area (Å²) in [4.78, 5) is 11.9. The Morgan fingerprint density at radius 2 is 1.71 bits per heavy atom. The first-order valence-electron chi connectivity index (χ1n) is 7.66. The van der Waals surface area contributed by atoms with Crippen molar-refractivity contribution < 1.29 is 4.39 Å². The molecule has 0 radical (unpaired) electrons. The number of benzene rings is 2. The number of nitrogens with zero attached hydrogens (tertiary/aromatic N) is 2. The zero-order valence-electron chi connectivity index (χ0n) is 12.8. The van der Waals surface area contributed by atoms with Gasteiger partial charge < -0.3 is 10.3 Å². The molecule has 2 heterocycles. The Morgan fingerprint density at radius 1 is 0.917 bits per heavy atom. The average molecular weight is 318 g/mol. The standard InChI is InChI=1S/C19H15FN4/c20-17-5-1-13(2-6-17)10-22-19-23-11-16(12-24-19)15-4-3-14-7-8-21-18(14)9-15/h1-9,11-12,21H,10H2,(H,22,23,24). The van der Waals surface area contributed by atoms with Crippen molar-refractivity contribution in [1.82, 2.24) is 15.0 Å². The first-order valence-corrected chi connectivity index (χ1v) is 7.66. The second-order valence-corrected chi connectivity index (χ2v) is 5.56. The zero-order valence-corrected chi connectivity index (χ0v) is 12.8. The number of nitrogens with one attached hydrogen (secondary N) is 2. The first kappa shape index (κ1) is 14.4. The lowest BCUT2D eigenvalue weighted by Gasteiger charge is -2.06. The van der Waals surface area contributed by atoms with Crippen molar-refractivity contribution in [3.8, 4) is 11.1 Å². The number of hydrogen-bond acceptors (Lipinski definition) is 3. The number of fused-ring (bicyclic) bond motifs is 1. The summed E-state index contributed by atoms with van der Waals surface area (Å²) in [5.74, 6) is 0.308. The maximum atomic E-state index is 12.9. The van der Waals surface area contributed by atoms with Crippen molar-refractivity contribution in [2.24, 2.45) is 0 Å². The molecule has 4 aromatic rings. The molecule has 2 N–H and O–H groups in total. The van der Waals surface area contributed by atoms with E-state index in [1.54, 1.807) is 24.5 Å². The minimum Gasteiger partial charge on any atom is -0.361 e. The van der Waals surface area contributed by atoms with Gasteiger partial charge in [0.05, 0.1) is 0 Å². The Bertz CT molecular complexity index is 959. The van der Waals surface area contributed by atoms with Crippen LogP contribution in [-0.2, 0) is 6.54 Å². The molecule has 0 saturated carbocycles. The fourth-order valence-corrected chi connectivity index (χ4v) is 2.58. The Morgan fingerprint density at radius 3 is 2.50 bits per heavy atom. The minimum atomic E-state index is -0.238. The fraction of sp³-hybridized carbons (Fsp3) is 0.0526. The number of hydrogen-bond donors (Lipinski definition) is 2. The van der Waals surface area contributed by atoms with E-state index in [2.05, 4.69) is 38.5 Å². The molecule has 2 aromatic carbocycles. The number of H-pyrrole nitrogens is 1. The van der Waals surface area contributed by atoms with Gasteiger partial charge in [0.25, 0.3) is 0 Å². The highest BCUT2D eigenvalue weighted by atomic mass is 19.1. The Labute approximate surface area is 138 Å². The lowest BCUT2D eigenvalue weighted by Crippen LogP contribution is -2.03. The molecule has 0 aliphatic carbocycles. The van der Waals surface area contributed by atoms with Crippen LogP contribution in [0.5, 0.6) is 0 Å². The SMILES string of the molecule is Fc1ccc(CNc2ncc(-c3ccc4cc[nH]c4c3)cn2)cc1. The van der Waals surface area contributed by atoms with E-state index in [4.69, 9.17) is 0 Å². The van der Waals surface area contributed by atoms with Gasteiger partial charge in [0.2, 0.25) is 5.95 Å². The van der Waals surface area contributed by atoms with E-state index in [1.165, 1.54) is 17.5 Å². The summed E-state index contributed by atoms with van der Waals surface area (Å²) >= 11 is 0. The van der Waals surface area contributed by atoms with Crippen LogP contribution < -0.4 is 5.32 Å². The Balaban J connectivity index is 1.48. The summed E-state index contributed by atoms with van der Waals surface area (Å²) in [5, 5.41) is 4.31. The van der Waals surface area contributed by atoms with Crippen LogP contribution in [0.25, 0.3) is 22.0 Å². The van der Waals surface area contributed by atoms with E-state index in [-0.39, 0.29) is 5.82 Å². The third-order valence-corrected chi connectivity index (χ3v) is 3.90. The van der Waals surface area contributed by atoms with Gasteiger partial charge in [-0.2, -0.15) is 0 Å². The van der Waals surface area contributed by atoms with Gasteiger partial charge in [-0.15, -0.1) is 0 Å². The van der Waals surface area contributed by atoms with Crippen LogP contribution in [0.15, 0.2) is 67.1 Å². The van der Waals surface area contributed by atoms with Gasteiger partial charge in [-0.1, -0.05) is 24.3 Å². The number of aromatic nitrogens is 3. The molecule has 0 bridgehead atoms. The second-order valence-electron chi connectivity index (χ2n) is 5.56. The van der Waals surface area contributed by atoms with Gasteiger partial charge in [0.1, 0.15) is 5.82 Å². The number of anilines is 1. The van der Waals surface area contributed by atoms with Crippen LogP contribution in [0.4, 0.5) is 10.3 Å². The highest BCUT2D eigenvalue weighted by molar-refractivity contribution is 5.84. The molecule has 0 spiro atoms. The summed E-state index contributed by atoms with van der Waals surface area (Å²) in [7, 11) is 0. The van der Waals surface area contributed by atoms with Crippen LogP contribution in [0, 0.1) is 5.82 Å². The predicted molar refractivity (Wildman–Crippen MR) is 93.1 cm³/mol. The maximum absolute atomic E-state index is 12.9. The van der Waals surface area contributed by atoms with Gasteiger partial charge in [-0.25, -0.2) is 14.4 Å². The molecular weight excluding hydrogens is 303 g/mol. The van der Waals surface area contributed by atoms with Crippen molar-refractivity contribution >= 4 is 16.9 Å². The van der Waals surface area contributed by atoms with Crippen LogP contribution in [0.1, 0.15) is 5.56 Å². The normalized spacial score (nSPS) is 10.9. The molecule has 0 atom stereocenters. The van der Waals surface area contributed by atoms with Crippen molar-refractivity contribution in [2.75, 3.05) is 5.32 Å². The summed E-state index contributed by atoms with van der Waals surface area (Å²) in [6, 6.07) is 14.6. The molecule has 24 heavy (non-hydrogen) atoms. The second kappa shape index (κ2) is 6.12. The Hall–Kier alpha value is -3.21. The number of rotatable bonds is 4. The molecule has 118 valence electrons. The zero-order chi connectivity index (χ0) is 16.4. The smallest absolute Gasteiger partial charge is 0.222 e. The van der Waals surface area contributed by atoms with Crippen molar-refractivity contribution in [1.29, 1.82) is 0 Å². The lowest BCUT2D eigenvalue weighted by atomic mass is 10.1. The predicted octanol–water partition coefficient (Wildman–Crippen LogP) is 4.38. The van der Waals surface area contributed by atoms with E-state index in [1.807, 2.05) is 12.3 Å². The van der Waals surface area contributed by atoms with Gasteiger partial charge >= 0.3 is 0 Å². The van der Waals surface area contributed by atoms with Crippen LogP contribution in [0.3, 0.4) is 0 Å². The largest absolute Gasteiger partial charge is 0.361 e. The maximum Gasteiger partial charge on any atom is 0.222 e. The van der Waals surface area contributed by atoms with E-state index < -0.39 is 0 Å². The third kappa shape index (κ3) is 2.96. The summed E-state index contributed by atoms with van der Waals surface area (Å²) < 4.78 is 12.9. The molecule has 4 rings (SSSR count). The molecule has 0 unspecified atom stereocenters. The van der Waals surface area contributed by atoms with Gasteiger partial charge in [-0.05, 0) is 40.8 Å². The molecule has 0 saturated heterocycles. The van der Waals surface area contributed by atoms with E-state index in [0.717, 1.165) is 22.2 Å². The van der Waals surface area contributed by atoms with E-state index in [0.29, 0.717) is 12.5 Å². The van der Waals surface area contributed by atoms with Crippen molar-refractivity contribution in [2.45, 2.75) is 6.54 Å². The van der Waals surface area contributed by atoms with Gasteiger partial charge in [-0.3, -0.25) is 0 Å². The number of aromatic amines is 1. The van der Waals surface area contributed by atoms with Crippen molar-refractivity contribution in [3.05, 3.63) is 78.5 Å². The summed E-state index contributed by atoms with van der Waals surface area (Å²) in [6.45, 7) is 0.550. The molecule has 4 nitrogen and oxygen atoms in total. The molecule has 5 heteroatoms. The van der Waals surface area contributed by atoms with Gasteiger partial charge in [0, 0.05) is 36.2 Å². The fourth-order valence-electron chi connectivity index (χ4n) is 2.58. The molecule has 0 fully saturated rings. The van der Waals surface area contributed by atoms with E-state index in [9.17, 15) is 4.39 Å². The first-order chi connectivity index (χ1) is 11.8. The van der Waals surface area contributed by atoms with Crippen molar-refractivity contribution in [3.63, 3.8) is 0 Å². The lowest BCUT2D eigenvalue weighted by molar-refractivity contribution is 0.627.